The molecule has 0 spiro atoms. The molecule has 0 unspecified atom stereocenters. The summed E-state index contributed by atoms with van der Waals surface area (Å²) in [6.07, 6.45) is 1.56. The summed E-state index contributed by atoms with van der Waals surface area (Å²) in [5.41, 5.74) is 1.43. The molecule has 0 fully saturated rings. The summed E-state index contributed by atoms with van der Waals surface area (Å²) in [6, 6.07) is 10.1. The molecule has 3 aromatic rings. The Morgan fingerprint density at radius 1 is 1.12 bits per heavy atom. The number of carbonyl (C=O) groups excluding carboxylic acids is 2. The van der Waals surface area contributed by atoms with E-state index in [2.05, 4.69) is 20.9 Å². The van der Waals surface area contributed by atoms with Crippen molar-refractivity contribution in [3.63, 3.8) is 0 Å². The molecule has 0 saturated heterocycles. The molecule has 3 N–H and O–H groups in total. The van der Waals surface area contributed by atoms with Gasteiger partial charge in [-0.1, -0.05) is 6.07 Å². The first-order chi connectivity index (χ1) is 11.7. The van der Waals surface area contributed by atoms with Crippen LogP contribution in [-0.4, -0.2) is 24.0 Å². The second kappa shape index (κ2) is 6.97. The van der Waals surface area contributed by atoms with E-state index in [1.807, 2.05) is 0 Å². The number of urea groups is 1. The van der Waals surface area contributed by atoms with Crippen molar-refractivity contribution in [2.24, 2.45) is 0 Å². The van der Waals surface area contributed by atoms with Crippen LogP contribution in [0, 0.1) is 0 Å². The van der Waals surface area contributed by atoms with Crippen molar-refractivity contribution in [1.29, 1.82) is 0 Å². The predicted octanol–water partition coefficient (Wildman–Crippen LogP) is 3.41. The Balaban J connectivity index is 1.71. The largest absolute Gasteiger partial charge is 0.462 e. The molecule has 0 radical (unpaired) electrons. The second-order valence-electron chi connectivity index (χ2n) is 4.75. The summed E-state index contributed by atoms with van der Waals surface area (Å²) in [7, 11) is 1.53. The maximum atomic E-state index is 12.3. The fraction of sp³-hybridized carbons (Fsp3) is 0.0625. The molecule has 0 atom stereocenters. The van der Waals surface area contributed by atoms with Gasteiger partial charge < -0.3 is 20.4 Å². The molecule has 2 heterocycles. The van der Waals surface area contributed by atoms with E-state index in [9.17, 15) is 9.59 Å². The third kappa shape index (κ3) is 3.61. The van der Waals surface area contributed by atoms with Gasteiger partial charge in [-0.3, -0.25) is 4.79 Å². The zero-order chi connectivity index (χ0) is 16.9. The molecule has 3 rings (SSSR count). The van der Waals surface area contributed by atoms with Crippen molar-refractivity contribution in [2.75, 3.05) is 17.7 Å². The lowest BCUT2D eigenvalue weighted by molar-refractivity contribution is 0.102. The number of benzene rings is 1. The van der Waals surface area contributed by atoms with Crippen LogP contribution in [0.2, 0.25) is 0 Å². The van der Waals surface area contributed by atoms with Crippen LogP contribution in [0.15, 0.2) is 52.5 Å². The number of hydrogen-bond donors (Lipinski definition) is 3. The number of carbonyl (C=O) groups is 2. The van der Waals surface area contributed by atoms with Gasteiger partial charge in [-0.2, -0.15) is 0 Å². The van der Waals surface area contributed by atoms with Crippen LogP contribution < -0.4 is 16.0 Å². The minimum Gasteiger partial charge on any atom is -0.462 e. The Bertz CT molecular complexity index is 858. The zero-order valence-electron chi connectivity index (χ0n) is 12.7. The molecule has 0 aliphatic heterocycles. The number of thiazole rings is 1. The van der Waals surface area contributed by atoms with Crippen molar-refractivity contribution in [3.05, 3.63) is 53.7 Å². The van der Waals surface area contributed by atoms with E-state index in [1.165, 1.54) is 18.4 Å². The SMILES string of the molecule is CNC(=O)Nc1cccc(NC(=O)c2csc(-c3ccco3)n2)c1. The Morgan fingerprint density at radius 3 is 2.62 bits per heavy atom. The number of nitrogens with one attached hydrogen (secondary N) is 3. The summed E-state index contributed by atoms with van der Waals surface area (Å²) in [5, 5.41) is 10.2. The average Bonchev–Trinajstić information content (AvgIpc) is 3.26. The average molecular weight is 342 g/mol. The van der Waals surface area contributed by atoms with E-state index in [0.29, 0.717) is 27.8 Å². The maximum absolute atomic E-state index is 12.3. The number of nitrogens with zero attached hydrogens (tertiary/aromatic N) is 1. The number of aromatic nitrogens is 1. The number of amides is 3. The highest BCUT2D eigenvalue weighted by Crippen LogP contribution is 2.24. The smallest absolute Gasteiger partial charge is 0.318 e. The van der Waals surface area contributed by atoms with E-state index >= 15 is 0 Å². The fourth-order valence-electron chi connectivity index (χ4n) is 1.95. The summed E-state index contributed by atoms with van der Waals surface area (Å²) < 4.78 is 5.26. The molecule has 2 aromatic heterocycles. The molecule has 0 saturated carbocycles. The van der Waals surface area contributed by atoms with Gasteiger partial charge in [0.05, 0.1) is 6.26 Å². The molecule has 1 aromatic carbocycles. The van der Waals surface area contributed by atoms with E-state index in [-0.39, 0.29) is 11.9 Å². The lowest BCUT2D eigenvalue weighted by atomic mass is 10.2. The van der Waals surface area contributed by atoms with Crippen LogP contribution in [-0.2, 0) is 0 Å². The Morgan fingerprint density at radius 2 is 1.92 bits per heavy atom. The first kappa shape index (κ1) is 15.8. The number of rotatable bonds is 4. The third-order valence-corrected chi connectivity index (χ3v) is 3.93. The van der Waals surface area contributed by atoms with Crippen LogP contribution in [0.4, 0.5) is 16.2 Å². The summed E-state index contributed by atoms with van der Waals surface area (Å²) in [5.74, 6) is 0.289. The zero-order valence-corrected chi connectivity index (χ0v) is 13.5. The van der Waals surface area contributed by atoms with Crippen LogP contribution in [0.3, 0.4) is 0 Å². The Kier molecular flexibility index (Phi) is 4.57. The van der Waals surface area contributed by atoms with Crippen LogP contribution in [0.25, 0.3) is 10.8 Å². The van der Waals surface area contributed by atoms with Gasteiger partial charge in [0.25, 0.3) is 5.91 Å². The van der Waals surface area contributed by atoms with Gasteiger partial charge in [0.1, 0.15) is 5.69 Å². The first-order valence-corrected chi connectivity index (χ1v) is 7.93. The maximum Gasteiger partial charge on any atom is 0.318 e. The molecule has 0 bridgehead atoms. The van der Waals surface area contributed by atoms with Crippen LogP contribution >= 0.6 is 11.3 Å². The van der Waals surface area contributed by atoms with Crippen molar-refractivity contribution >= 4 is 34.6 Å². The highest BCUT2D eigenvalue weighted by Gasteiger charge is 2.13. The monoisotopic (exact) mass is 342 g/mol. The summed E-state index contributed by atoms with van der Waals surface area (Å²) in [6.45, 7) is 0. The molecule has 3 amide bonds. The number of furan rings is 1. The summed E-state index contributed by atoms with van der Waals surface area (Å²) >= 11 is 1.33. The van der Waals surface area contributed by atoms with Crippen LogP contribution in [0.5, 0.6) is 0 Å². The van der Waals surface area contributed by atoms with Gasteiger partial charge in [0, 0.05) is 23.8 Å². The standard InChI is InChI=1S/C16H14N4O3S/c1-17-16(22)19-11-5-2-4-10(8-11)18-14(21)12-9-24-15(20-12)13-6-3-7-23-13/h2-9H,1H3,(H,18,21)(H2,17,19,22). The van der Waals surface area contributed by atoms with Gasteiger partial charge in [0.15, 0.2) is 10.8 Å². The normalized spacial score (nSPS) is 10.2. The van der Waals surface area contributed by atoms with Crippen molar-refractivity contribution in [2.45, 2.75) is 0 Å². The van der Waals surface area contributed by atoms with E-state index < -0.39 is 0 Å². The van der Waals surface area contributed by atoms with Crippen molar-refractivity contribution < 1.29 is 14.0 Å². The molecular weight excluding hydrogens is 328 g/mol. The van der Waals surface area contributed by atoms with Gasteiger partial charge in [-0.15, -0.1) is 11.3 Å². The Hall–Kier alpha value is -3.13. The summed E-state index contributed by atoms with van der Waals surface area (Å²) in [4.78, 5) is 27.9. The van der Waals surface area contributed by atoms with E-state index in [4.69, 9.17) is 4.42 Å². The minimum atomic E-state index is -0.332. The second-order valence-corrected chi connectivity index (χ2v) is 5.61. The highest BCUT2D eigenvalue weighted by molar-refractivity contribution is 7.13. The third-order valence-electron chi connectivity index (χ3n) is 3.07. The minimum absolute atomic E-state index is 0.302. The molecule has 0 aliphatic rings. The van der Waals surface area contributed by atoms with Gasteiger partial charge >= 0.3 is 6.03 Å². The molecule has 0 aliphatic carbocycles. The topological polar surface area (TPSA) is 96.3 Å². The lowest BCUT2D eigenvalue weighted by Gasteiger charge is -2.07. The van der Waals surface area contributed by atoms with Crippen LogP contribution in [0.1, 0.15) is 10.5 Å². The molecule has 24 heavy (non-hydrogen) atoms. The molecular formula is C16H14N4O3S. The van der Waals surface area contributed by atoms with Gasteiger partial charge in [-0.25, -0.2) is 9.78 Å². The predicted molar refractivity (Wildman–Crippen MR) is 92.3 cm³/mol. The van der Waals surface area contributed by atoms with Crippen molar-refractivity contribution in [1.82, 2.24) is 10.3 Å². The quantitative estimate of drug-likeness (QED) is 0.677. The molecule has 122 valence electrons. The van der Waals surface area contributed by atoms with Gasteiger partial charge in [-0.05, 0) is 30.3 Å². The number of hydrogen-bond acceptors (Lipinski definition) is 5. The van der Waals surface area contributed by atoms with Gasteiger partial charge in [0.2, 0.25) is 0 Å². The molecule has 7 nitrogen and oxygen atoms in total. The van der Waals surface area contributed by atoms with Crippen molar-refractivity contribution in [3.8, 4) is 10.8 Å². The first-order valence-electron chi connectivity index (χ1n) is 7.05. The lowest BCUT2D eigenvalue weighted by Crippen LogP contribution is -2.24. The Labute approximate surface area is 141 Å². The molecule has 8 heteroatoms. The van der Waals surface area contributed by atoms with E-state index in [1.54, 1.807) is 48.0 Å². The highest BCUT2D eigenvalue weighted by atomic mass is 32.1. The van der Waals surface area contributed by atoms with E-state index in [0.717, 1.165) is 0 Å². The number of anilines is 2. The fourth-order valence-corrected chi connectivity index (χ4v) is 2.72.